The first-order valence-electron chi connectivity index (χ1n) is 4.07. The van der Waals surface area contributed by atoms with Gasteiger partial charge in [-0.2, -0.15) is 0 Å². The molecule has 12 heavy (non-hydrogen) atoms. The van der Waals surface area contributed by atoms with Gasteiger partial charge >= 0.3 is 0 Å². The van der Waals surface area contributed by atoms with Gasteiger partial charge < -0.3 is 4.74 Å². The Morgan fingerprint density at radius 2 is 2.00 bits per heavy atom. The van der Waals surface area contributed by atoms with E-state index in [1.807, 2.05) is 0 Å². The average Bonchev–Trinajstić information content (AvgIpc) is 1.94. The van der Waals surface area contributed by atoms with Crippen molar-refractivity contribution in [3.63, 3.8) is 0 Å². The summed E-state index contributed by atoms with van der Waals surface area (Å²) < 4.78 is 5.07. The van der Waals surface area contributed by atoms with E-state index >= 15 is 0 Å². The second kappa shape index (κ2) is 5.89. The van der Waals surface area contributed by atoms with Crippen LogP contribution in [-0.4, -0.2) is 21.3 Å². The fourth-order valence-electron chi connectivity index (χ4n) is 0.582. The van der Waals surface area contributed by atoms with Crippen LogP contribution in [-0.2, 0) is 4.74 Å². The monoisotopic (exact) mass is 180 g/mol. The number of rotatable bonds is 3. The van der Waals surface area contributed by atoms with Gasteiger partial charge in [-0.15, -0.1) is 17.9 Å². The lowest BCUT2D eigenvalue weighted by Crippen LogP contribution is -2.16. The first kappa shape index (κ1) is 11.3. The largest absolute Gasteiger partial charge is 0.368 e. The highest BCUT2D eigenvalue weighted by Crippen LogP contribution is 1.96. The van der Waals surface area contributed by atoms with Gasteiger partial charge in [0.1, 0.15) is 14.7 Å². The summed E-state index contributed by atoms with van der Waals surface area (Å²) >= 11 is 0. The van der Waals surface area contributed by atoms with E-state index in [2.05, 4.69) is 37.0 Å². The molecule has 0 aliphatic carbocycles. The molecule has 0 heterocycles. The van der Waals surface area contributed by atoms with E-state index in [1.54, 1.807) is 0 Å². The minimum absolute atomic E-state index is 0.397. The SMILES string of the molecule is C#CCOCCC#C[Si](C)(C)C. The molecule has 0 aliphatic rings. The van der Waals surface area contributed by atoms with E-state index in [0.29, 0.717) is 13.2 Å². The van der Waals surface area contributed by atoms with Crippen LogP contribution in [0, 0.1) is 23.8 Å². The van der Waals surface area contributed by atoms with Crippen LogP contribution >= 0.6 is 0 Å². The minimum atomic E-state index is -1.18. The zero-order valence-electron chi connectivity index (χ0n) is 8.11. The van der Waals surface area contributed by atoms with Gasteiger partial charge in [0.25, 0.3) is 0 Å². The topological polar surface area (TPSA) is 9.23 Å². The standard InChI is InChI=1S/C10H16OSi/c1-5-8-11-9-6-7-10-12(2,3)4/h1H,6,8-9H2,2-4H3. The van der Waals surface area contributed by atoms with E-state index in [0.717, 1.165) is 6.42 Å². The highest BCUT2D eigenvalue weighted by Gasteiger charge is 2.06. The maximum Gasteiger partial charge on any atom is 0.129 e. The van der Waals surface area contributed by atoms with Crippen molar-refractivity contribution in [2.45, 2.75) is 26.1 Å². The summed E-state index contributed by atoms with van der Waals surface area (Å²) in [6, 6.07) is 0. The Bertz CT molecular complexity index is 209. The zero-order valence-corrected chi connectivity index (χ0v) is 9.11. The molecule has 0 amide bonds. The van der Waals surface area contributed by atoms with Crippen LogP contribution in [0.25, 0.3) is 0 Å². The highest BCUT2D eigenvalue weighted by atomic mass is 28.3. The summed E-state index contributed by atoms with van der Waals surface area (Å²) in [5.74, 6) is 5.52. The molecule has 1 nitrogen and oxygen atoms in total. The minimum Gasteiger partial charge on any atom is -0.368 e. The molecule has 0 aliphatic heterocycles. The van der Waals surface area contributed by atoms with E-state index < -0.39 is 8.07 Å². The number of ether oxygens (including phenoxy) is 1. The Morgan fingerprint density at radius 1 is 1.33 bits per heavy atom. The quantitative estimate of drug-likeness (QED) is 0.366. The van der Waals surface area contributed by atoms with Crippen LogP contribution < -0.4 is 0 Å². The Kier molecular flexibility index (Phi) is 5.54. The highest BCUT2D eigenvalue weighted by molar-refractivity contribution is 6.83. The van der Waals surface area contributed by atoms with Gasteiger partial charge in [-0.25, -0.2) is 0 Å². The average molecular weight is 180 g/mol. The lowest BCUT2D eigenvalue weighted by molar-refractivity contribution is 0.174. The van der Waals surface area contributed by atoms with Crippen LogP contribution in [0.5, 0.6) is 0 Å². The van der Waals surface area contributed by atoms with Gasteiger partial charge in [-0.05, 0) is 0 Å². The Hall–Kier alpha value is -0.703. The molecule has 0 bridgehead atoms. The van der Waals surface area contributed by atoms with Crippen molar-refractivity contribution in [3.05, 3.63) is 0 Å². The summed E-state index contributed by atoms with van der Waals surface area (Å²) in [5.41, 5.74) is 3.26. The maximum atomic E-state index is 5.07. The van der Waals surface area contributed by atoms with Crippen molar-refractivity contribution < 1.29 is 4.74 Å². The van der Waals surface area contributed by atoms with Gasteiger partial charge in [-0.1, -0.05) is 25.6 Å². The molecular weight excluding hydrogens is 164 g/mol. The third-order valence-corrected chi connectivity index (χ3v) is 1.95. The first-order chi connectivity index (χ1) is 5.56. The molecule has 0 unspecified atom stereocenters. The molecule has 0 radical (unpaired) electrons. The van der Waals surface area contributed by atoms with Crippen molar-refractivity contribution in [1.29, 1.82) is 0 Å². The van der Waals surface area contributed by atoms with Gasteiger partial charge in [-0.3, -0.25) is 0 Å². The van der Waals surface area contributed by atoms with E-state index in [9.17, 15) is 0 Å². The molecular formula is C10H16OSi. The maximum absolute atomic E-state index is 5.07. The third kappa shape index (κ3) is 9.30. The molecule has 0 saturated carbocycles. The fraction of sp³-hybridized carbons (Fsp3) is 0.600. The van der Waals surface area contributed by atoms with Crippen LogP contribution in [0.2, 0.25) is 19.6 Å². The smallest absolute Gasteiger partial charge is 0.129 e. The molecule has 0 aromatic carbocycles. The predicted molar refractivity (Wildman–Crippen MR) is 55.4 cm³/mol. The number of hydrogen-bond donors (Lipinski definition) is 0. The van der Waals surface area contributed by atoms with Gasteiger partial charge in [0, 0.05) is 6.42 Å². The summed E-state index contributed by atoms with van der Waals surface area (Å²) in [4.78, 5) is 0. The fourth-order valence-corrected chi connectivity index (χ4v) is 1.24. The molecule has 2 heteroatoms. The molecule has 0 saturated heterocycles. The second-order valence-electron chi connectivity index (χ2n) is 3.56. The molecule has 0 fully saturated rings. The van der Waals surface area contributed by atoms with E-state index in [1.165, 1.54) is 0 Å². The van der Waals surface area contributed by atoms with E-state index in [-0.39, 0.29) is 0 Å². The molecule has 0 rings (SSSR count). The predicted octanol–water partition coefficient (Wildman–Crippen LogP) is 1.91. The van der Waals surface area contributed by atoms with Crippen molar-refractivity contribution in [3.8, 4) is 23.8 Å². The molecule has 66 valence electrons. The lowest BCUT2D eigenvalue weighted by Gasteiger charge is -2.03. The lowest BCUT2D eigenvalue weighted by atomic mass is 10.5. The molecule has 0 aromatic rings. The summed E-state index contributed by atoms with van der Waals surface area (Å²) in [6.07, 6.45) is 5.81. The van der Waals surface area contributed by atoms with Crippen molar-refractivity contribution in [2.24, 2.45) is 0 Å². The van der Waals surface area contributed by atoms with Crippen LogP contribution in [0.15, 0.2) is 0 Å². The summed E-state index contributed by atoms with van der Waals surface area (Å²) in [7, 11) is -1.18. The zero-order chi connectivity index (χ0) is 9.45. The summed E-state index contributed by atoms with van der Waals surface area (Å²) in [5, 5.41) is 0. The second-order valence-corrected chi connectivity index (χ2v) is 8.31. The van der Waals surface area contributed by atoms with Crippen molar-refractivity contribution in [1.82, 2.24) is 0 Å². The Balaban J connectivity index is 3.42. The Labute approximate surface area is 76.5 Å². The van der Waals surface area contributed by atoms with Crippen LogP contribution in [0.4, 0.5) is 0 Å². The van der Waals surface area contributed by atoms with E-state index in [4.69, 9.17) is 11.2 Å². The van der Waals surface area contributed by atoms with Crippen LogP contribution in [0.1, 0.15) is 6.42 Å². The summed E-state index contributed by atoms with van der Waals surface area (Å²) in [6.45, 7) is 7.73. The normalized spacial score (nSPS) is 9.83. The molecule has 0 N–H and O–H groups in total. The number of hydrogen-bond acceptors (Lipinski definition) is 1. The molecule has 0 aromatic heterocycles. The molecule has 0 atom stereocenters. The van der Waals surface area contributed by atoms with Crippen molar-refractivity contribution in [2.75, 3.05) is 13.2 Å². The first-order valence-corrected chi connectivity index (χ1v) is 7.57. The molecule has 0 spiro atoms. The van der Waals surface area contributed by atoms with Gasteiger partial charge in [0.2, 0.25) is 0 Å². The number of terminal acetylenes is 1. The van der Waals surface area contributed by atoms with Gasteiger partial charge in [0.05, 0.1) is 6.61 Å². The van der Waals surface area contributed by atoms with Crippen LogP contribution in [0.3, 0.4) is 0 Å². The third-order valence-electron chi connectivity index (χ3n) is 1.02. The van der Waals surface area contributed by atoms with Crippen molar-refractivity contribution >= 4 is 8.07 Å². The van der Waals surface area contributed by atoms with Gasteiger partial charge in [0.15, 0.2) is 0 Å². The Morgan fingerprint density at radius 3 is 2.50 bits per heavy atom.